The van der Waals surface area contributed by atoms with E-state index in [1.54, 1.807) is 12.1 Å². The lowest BCUT2D eigenvalue weighted by molar-refractivity contribution is -0.117. The maximum Gasteiger partial charge on any atom is 0.238 e. The fourth-order valence-electron chi connectivity index (χ4n) is 3.75. The molecule has 1 fully saturated rings. The van der Waals surface area contributed by atoms with Crippen molar-refractivity contribution in [3.05, 3.63) is 51.5 Å². The van der Waals surface area contributed by atoms with Crippen LogP contribution in [0.1, 0.15) is 30.9 Å². The highest BCUT2D eigenvalue weighted by atomic mass is 79.9. The van der Waals surface area contributed by atoms with Gasteiger partial charge in [0.1, 0.15) is 0 Å². The predicted octanol–water partition coefficient (Wildman–Crippen LogP) is 5.04. The Kier molecular flexibility index (Phi) is 6.09. The Hall–Kier alpha value is -1.76. The normalized spacial score (nSPS) is 19.3. The van der Waals surface area contributed by atoms with Gasteiger partial charge in [-0.1, -0.05) is 33.6 Å². The van der Waals surface area contributed by atoms with E-state index in [4.69, 9.17) is 21.1 Å². The van der Waals surface area contributed by atoms with E-state index < -0.39 is 0 Å². The molecule has 2 heterocycles. The van der Waals surface area contributed by atoms with Crippen molar-refractivity contribution in [2.45, 2.75) is 25.3 Å². The van der Waals surface area contributed by atoms with Crippen LogP contribution in [-0.4, -0.2) is 37.1 Å². The highest BCUT2D eigenvalue weighted by Crippen LogP contribution is 2.37. The third kappa shape index (κ3) is 4.45. The molecule has 2 aliphatic heterocycles. The van der Waals surface area contributed by atoms with E-state index in [0.29, 0.717) is 30.5 Å². The molecular weight excluding hydrogens is 444 g/mol. The van der Waals surface area contributed by atoms with Gasteiger partial charge in [-0.15, -0.1) is 0 Å². The number of rotatable bonds is 4. The molecule has 1 atom stereocenters. The second kappa shape index (κ2) is 8.72. The van der Waals surface area contributed by atoms with Gasteiger partial charge in [0.15, 0.2) is 11.5 Å². The second-order valence-electron chi connectivity index (χ2n) is 7.06. The number of amides is 1. The monoisotopic (exact) mass is 464 g/mol. The Morgan fingerprint density at radius 3 is 2.79 bits per heavy atom. The number of hydrogen-bond acceptors (Lipinski definition) is 4. The van der Waals surface area contributed by atoms with Crippen LogP contribution in [0.25, 0.3) is 0 Å². The molecule has 0 bridgehead atoms. The lowest BCUT2D eigenvalue weighted by Gasteiger charge is -2.25. The van der Waals surface area contributed by atoms with Crippen LogP contribution in [0.15, 0.2) is 40.9 Å². The van der Waals surface area contributed by atoms with E-state index in [-0.39, 0.29) is 11.9 Å². The molecule has 2 aliphatic rings. The van der Waals surface area contributed by atoms with Crippen molar-refractivity contribution in [1.82, 2.24) is 4.90 Å². The summed E-state index contributed by atoms with van der Waals surface area (Å²) < 4.78 is 12.4. The van der Waals surface area contributed by atoms with Gasteiger partial charge in [0, 0.05) is 16.9 Å². The molecule has 0 aromatic heterocycles. The van der Waals surface area contributed by atoms with E-state index >= 15 is 0 Å². The van der Waals surface area contributed by atoms with Gasteiger partial charge >= 0.3 is 0 Å². The van der Waals surface area contributed by atoms with Crippen molar-refractivity contribution in [3.8, 4) is 11.5 Å². The first-order chi connectivity index (χ1) is 13.6. The van der Waals surface area contributed by atoms with Crippen LogP contribution in [-0.2, 0) is 4.79 Å². The fourth-order valence-corrected chi connectivity index (χ4v) is 4.47. The third-order valence-corrected chi connectivity index (χ3v) is 5.88. The van der Waals surface area contributed by atoms with Gasteiger partial charge in [-0.3, -0.25) is 9.69 Å². The van der Waals surface area contributed by atoms with Gasteiger partial charge < -0.3 is 14.8 Å². The van der Waals surface area contributed by atoms with Crippen molar-refractivity contribution in [1.29, 1.82) is 0 Å². The van der Waals surface area contributed by atoms with E-state index in [2.05, 4.69) is 38.3 Å². The molecule has 1 amide bonds. The maximum absolute atomic E-state index is 12.6. The number of fused-ring (bicyclic) bond motifs is 1. The van der Waals surface area contributed by atoms with Crippen molar-refractivity contribution in [2.24, 2.45) is 0 Å². The minimum Gasteiger partial charge on any atom is -0.490 e. The smallest absolute Gasteiger partial charge is 0.238 e. The average Bonchev–Trinajstić information content (AvgIpc) is 2.99. The molecule has 2 aromatic rings. The number of nitrogens with one attached hydrogen (secondary N) is 1. The molecule has 7 heteroatoms. The molecule has 5 nitrogen and oxygen atoms in total. The Balaban J connectivity index is 1.45. The van der Waals surface area contributed by atoms with Gasteiger partial charge in [-0.2, -0.15) is 0 Å². The number of anilines is 1. The molecule has 2 aromatic carbocycles. The zero-order valence-corrected chi connectivity index (χ0v) is 17.8. The van der Waals surface area contributed by atoms with Crippen LogP contribution in [0.3, 0.4) is 0 Å². The summed E-state index contributed by atoms with van der Waals surface area (Å²) in [5, 5.41) is 3.43. The van der Waals surface area contributed by atoms with E-state index in [1.165, 1.54) is 0 Å². The van der Waals surface area contributed by atoms with Crippen LogP contribution >= 0.6 is 27.5 Å². The van der Waals surface area contributed by atoms with Crippen LogP contribution in [0.4, 0.5) is 5.69 Å². The van der Waals surface area contributed by atoms with Gasteiger partial charge in [-0.05, 0) is 55.3 Å². The molecule has 148 valence electrons. The lowest BCUT2D eigenvalue weighted by Crippen LogP contribution is -2.33. The fraction of sp³-hybridized carbons (Fsp3) is 0.381. The molecule has 28 heavy (non-hydrogen) atoms. The molecule has 1 N–H and O–H groups in total. The van der Waals surface area contributed by atoms with E-state index in [0.717, 1.165) is 47.3 Å². The number of ether oxygens (including phenoxy) is 2. The minimum absolute atomic E-state index is 0.0644. The van der Waals surface area contributed by atoms with E-state index in [1.807, 2.05) is 12.1 Å². The quantitative estimate of drug-likeness (QED) is 0.687. The summed E-state index contributed by atoms with van der Waals surface area (Å²) in [6.45, 7) is 2.56. The summed E-state index contributed by atoms with van der Waals surface area (Å²) in [5.74, 6) is 1.53. The molecule has 0 unspecified atom stereocenters. The van der Waals surface area contributed by atoms with Crippen LogP contribution in [0, 0.1) is 0 Å². The number of carbonyl (C=O) groups is 1. The van der Waals surface area contributed by atoms with Crippen LogP contribution in [0.5, 0.6) is 11.5 Å². The van der Waals surface area contributed by atoms with Crippen molar-refractivity contribution in [3.63, 3.8) is 0 Å². The molecule has 1 saturated heterocycles. The zero-order valence-electron chi connectivity index (χ0n) is 15.4. The second-order valence-corrected chi connectivity index (χ2v) is 8.38. The summed E-state index contributed by atoms with van der Waals surface area (Å²) in [7, 11) is 0. The van der Waals surface area contributed by atoms with Gasteiger partial charge in [0.25, 0.3) is 0 Å². The minimum atomic E-state index is -0.0644. The number of nitrogens with zero attached hydrogens (tertiary/aromatic N) is 1. The topological polar surface area (TPSA) is 50.8 Å². The summed E-state index contributed by atoms with van der Waals surface area (Å²) >= 11 is 9.59. The van der Waals surface area contributed by atoms with Crippen LogP contribution in [0.2, 0.25) is 5.02 Å². The average molecular weight is 466 g/mol. The Bertz CT molecular complexity index is 877. The molecule has 0 spiro atoms. The number of hydrogen-bond donors (Lipinski definition) is 1. The molecular formula is C21H22BrClN2O3. The van der Waals surface area contributed by atoms with Gasteiger partial charge in [0.05, 0.1) is 30.5 Å². The first-order valence-corrected chi connectivity index (χ1v) is 10.7. The summed E-state index contributed by atoms with van der Waals surface area (Å²) in [6.07, 6.45) is 2.97. The molecule has 4 rings (SSSR count). The standard InChI is InChI=1S/C21H22BrClN2O3/c22-15-5-6-17(16(23)12-15)24-21(26)13-25-8-1-3-18(25)14-4-7-19-20(11-14)28-10-2-9-27-19/h4-7,11-12,18H,1-3,8-10,13H2,(H,24,26)/t18-/m1/s1. The number of likely N-dealkylation sites (tertiary alicyclic amines) is 1. The predicted molar refractivity (Wildman–Crippen MR) is 113 cm³/mol. The highest BCUT2D eigenvalue weighted by Gasteiger charge is 2.28. The zero-order chi connectivity index (χ0) is 19.5. The number of benzene rings is 2. The van der Waals surface area contributed by atoms with Gasteiger partial charge in [-0.25, -0.2) is 0 Å². The van der Waals surface area contributed by atoms with E-state index in [9.17, 15) is 4.79 Å². The number of halogens is 2. The summed E-state index contributed by atoms with van der Waals surface area (Å²) in [5.41, 5.74) is 1.79. The van der Waals surface area contributed by atoms with Gasteiger partial charge in [0.2, 0.25) is 5.91 Å². The Morgan fingerprint density at radius 2 is 1.96 bits per heavy atom. The Morgan fingerprint density at radius 1 is 1.14 bits per heavy atom. The SMILES string of the molecule is O=C(CN1CCC[C@@H]1c1ccc2c(c1)OCCCO2)Nc1ccc(Br)cc1Cl. The molecule has 0 aliphatic carbocycles. The maximum atomic E-state index is 12.6. The summed E-state index contributed by atoms with van der Waals surface area (Å²) in [4.78, 5) is 14.8. The van der Waals surface area contributed by atoms with Crippen molar-refractivity contribution in [2.75, 3.05) is 31.6 Å². The Labute approximate surface area is 178 Å². The number of carbonyl (C=O) groups excluding carboxylic acids is 1. The largest absolute Gasteiger partial charge is 0.490 e. The van der Waals surface area contributed by atoms with Crippen molar-refractivity contribution >= 4 is 39.1 Å². The molecule has 0 radical (unpaired) electrons. The first kappa shape index (κ1) is 19.6. The lowest BCUT2D eigenvalue weighted by atomic mass is 10.0. The first-order valence-electron chi connectivity index (χ1n) is 9.48. The third-order valence-electron chi connectivity index (χ3n) is 5.07. The van der Waals surface area contributed by atoms with Crippen molar-refractivity contribution < 1.29 is 14.3 Å². The summed E-state index contributed by atoms with van der Waals surface area (Å²) in [6, 6.07) is 11.8. The molecule has 0 saturated carbocycles. The highest BCUT2D eigenvalue weighted by molar-refractivity contribution is 9.10. The van der Waals surface area contributed by atoms with Crippen LogP contribution < -0.4 is 14.8 Å².